The maximum atomic E-state index is 3.67. The third-order valence-corrected chi connectivity index (χ3v) is 4.13. The lowest BCUT2D eigenvalue weighted by molar-refractivity contribution is 0.140. The van der Waals surface area contributed by atoms with Crippen molar-refractivity contribution in [3.63, 3.8) is 0 Å². The first-order valence-corrected chi connectivity index (χ1v) is 8.50. The summed E-state index contributed by atoms with van der Waals surface area (Å²) in [5.74, 6) is 1.61. The third-order valence-electron chi connectivity index (χ3n) is 4.13. The fourth-order valence-electron chi connectivity index (χ4n) is 3.39. The lowest BCUT2D eigenvalue weighted by Gasteiger charge is -2.35. The molecule has 0 amide bonds. The Bertz CT molecular complexity index is 209. The van der Waals surface area contributed by atoms with Gasteiger partial charge in [0.25, 0.3) is 0 Å². The van der Waals surface area contributed by atoms with Crippen LogP contribution < -0.4 is 5.32 Å². The SMILES string of the molecule is CCCN(CC1CCCN1)C(CC(C)C)CC(C)C. The minimum atomic E-state index is 0.744. The van der Waals surface area contributed by atoms with Gasteiger partial charge in [0.15, 0.2) is 0 Å². The second-order valence-electron chi connectivity index (χ2n) is 7.20. The van der Waals surface area contributed by atoms with E-state index in [1.807, 2.05) is 0 Å². The van der Waals surface area contributed by atoms with Crippen LogP contribution in [-0.4, -0.2) is 36.6 Å². The molecule has 0 radical (unpaired) electrons. The molecule has 1 atom stereocenters. The molecular formula is C17H36N2. The van der Waals surface area contributed by atoms with Gasteiger partial charge in [-0.25, -0.2) is 0 Å². The highest BCUT2D eigenvalue weighted by Gasteiger charge is 2.24. The first-order chi connectivity index (χ1) is 9.02. The number of rotatable bonds is 9. The van der Waals surface area contributed by atoms with Gasteiger partial charge in [0.1, 0.15) is 0 Å². The van der Waals surface area contributed by atoms with Crippen LogP contribution in [0.1, 0.15) is 66.7 Å². The molecule has 0 aliphatic carbocycles. The summed E-state index contributed by atoms with van der Waals surface area (Å²) >= 11 is 0. The van der Waals surface area contributed by atoms with E-state index in [0.717, 1.165) is 23.9 Å². The van der Waals surface area contributed by atoms with Gasteiger partial charge in [0.2, 0.25) is 0 Å². The topological polar surface area (TPSA) is 15.3 Å². The van der Waals surface area contributed by atoms with Gasteiger partial charge < -0.3 is 5.32 Å². The van der Waals surface area contributed by atoms with Crippen molar-refractivity contribution in [2.45, 2.75) is 78.8 Å². The van der Waals surface area contributed by atoms with Gasteiger partial charge in [-0.1, -0.05) is 34.6 Å². The molecule has 0 saturated carbocycles. The van der Waals surface area contributed by atoms with Gasteiger partial charge in [0.05, 0.1) is 0 Å². The molecule has 1 N–H and O–H groups in total. The molecule has 0 bridgehead atoms. The average molecular weight is 268 g/mol. The lowest BCUT2D eigenvalue weighted by Crippen LogP contribution is -2.44. The molecule has 1 fully saturated rings. The summed E-state index contributed by atoms with van der Waals surface area (Å²) in [7, 11) is 0. The van der Waals surface area contributed by atoms with Crippen LogP contribution >= 0.6 is 0 Å². The van der Waals surface area contributed by atoms with E-state index < -0.39 is 0 Å². The van der Waals surface area contributed by atoms with Crippen LogP contribution in [0.5, 0.6) is 0 Å². The van der Waals surface area contributed by atoms with E-state index in [9.17, 15) is 0 Å². The van der Waals surface area contributed by atoms with Gasteiger partial charge >= 0.3 is 0 Å². The first-order valence-electron chi connectivity index (χ1n) is 8.50. The molecule has 0 aromatic rings. The second kappa shape index (κ2) is 8.97. The third kappa shape index (κ3) is 6.76. The standard InChI is InChI=1S/C17H36N2/c1-6-10-19(13-16-8-7-9-18-16)17(11-14(2)3)12-15(4)5/h14-18H,6-13H2,1-5H3. The minimum absolute atomic E-state index is 0.744. The highest BCUT2D eigenvalue weighted by Crippen LogP contribution is 2.21. The molecule has 2 nitrogen and oxygen atoms in total. The fourth-order valence-corrected chi connectivity index (χ4v) is 3.39. The summed E-state index contributed by atoms with van der Waals surface area (Å²) in [4.78, 5) is 2.78. The van der Waals surface area contributed by atoms with Gasteiger partial charge in [-0.05, 0) is 57.0 Å². The summed E-state index contributed by atoms with van der Waals surface area (Å²) in [5.41, 5.74) is 0. The van der Waals surface area contributed by atoms with E-state index in [4.69, 9.17) is 0 Å². The van der Waals surface area contributed by atoms with Gasteiger partial charge in [-0.2, -0.15) is 0 Å². The highest BCUT2D eigenvalue weighted by molar-refractivity contribution is 4.82. The van der Waals surface area contributed by atoms with Crippen molar-refractivity contribution < 1.29 is 0 Å². The molecular weight excluding hydrogens is 232 g/mol. The molecule has 1 aliphatic rings. The van der Waals surface area contributed by atoms with E-state index in [0.29, 0.717) is 0 Å². The molecule has 1 rings (SSSR count). The van der Waals surface area contributed by atoms with Crippen molar-refractivity contribution in [3.8, 4) is 0 Å². The summed E-state index contributed by atoms with van der Waals surface area (Å²) in [6, 6.07) is 1.52. The number of hydrogen-bond acceptors (Lipinski definition) is 2. The van der Waals surface area contributed by atoms with Gasteiger partial charge in [0, 0.05) is 18.6 Å². The first kappa shape index (κ1) is 17.0. The molecule has 0 spiro atoms. The Morgan fingerprint density at radius 2 is 1.74 bits per heavy atom. The fraction of sp³-hybridized carbons (Fsp3) is 1.00. The smallest absolute Gasteiger partial charge is 0.0195 e. The highest BCUT2D eigenvalue weighted by atomic mass is 15.2. The molecule has 19 heavy (non-hydrogen) atoms. The van der Waals surface area contributed by atoms with Crippen LogP contribution in [0.25, 0.3) is 0 Å². The monoisotopic (exact) mass is 268 g/mol. The molecule has 0 aromatic carbocycles. The molecule has 1 heterocycles. The van der Waals surface area contributed by atoms with E-state index >= 15 is 0 Å². The normalized spacial score (nSPS) is 20.4. The molecule has 0 aromatic heterocycles. The predicted molar refractivity (Wildman–Crippen MR) is 85.6 cm³/mol. The molecule has 1 aliphatic heterocycles. The van der Waals surface area contributed by atoms with Crippen molar-refractivity contribution in [3.05, 3.63) is 0 Å². The Balaban J connectivity index is 2.59. The minimum Gasteiger partial charge on any atom is -0.313 e. The Morgan fingerprint density at radius 3 is 2.16 bits per heavy atom. The zero-order valence-corrected chi connectivity index (χ0v) is 13.9. The van der Waals surface area contributed by atoms with Crippen molar-refractivity contribution in [1.82, 2.24) is 10.2 Å². The van der Waals surface area contributed by atoms with Crippen LogP contribution in [0.4, 0.5) is 0 Å². The quantitative estimate of drug-likeness (QED) is 0.682. The maximum Gasteiger partial charge on any atom is 0.0195 e. The van der Waals surface area contributed by atoms with Gasteiger partial charge in [-0.15, -0.1) is 0 Å². The van der Waals surface area contributed by atoms with Crippen molar-refractivity contribution in [2.24, 2.45) is 11.8 Å². The Labute approximate surface area is 121 Å². The summed E-state index contributed by atoms with van der Waals surface area (Å²) in [6.07, 6.45) is 6.72. The van der Waals surface area contributed by atoms with E-state index in [-0.39, 0.29) is 0 Å². The molecule has 1 unspecified atom stereocenters. The Hall–Kier alpha value is -0.0800. The molecule has 114 valence electrons. The van der Waals surface area contributed by atoms with Crippen molar-refractivity contribution >= 4 is 0 Å². The largest absolute Gasteiger partial charge is 0.313 e. The van der Waals surface area contributed by atoms with Crippen LogP contribution in [0.15, 0.2) is 0 Å². The summed E-state index contributed by atoms with van der Waals surface area (Å²) in [6.45, 7) is 15.5. The van der Waals surface area contributed by atoms with Crippen LogP contribution in [0.3, 0.4) is 0 Å². The molecule has 1 saturated heterocycles. The summed E-state index contributed by atoms with van der Waals surface area (Å²) in [5, 5.41) is 3.67. The van der Waals surface area contributed by atoms with Crippen LogP contribution in [0.2, 0.25) is 0 Å². The molecule has 2 heteroatoms. The van der Waals surface area contributed by atoms with Crippen molar-refractivity contribution in [1.29, 1.82) is 0 Å². The average Bonchev–Trinajstić information content (AvgIpc) is 2.79. The van der Waals surface area contributed by atoms with E-state index in [2.05, 4.69) is 44.8 Å². The van der Waals surface area contributed by atoms with Crippen LogP contribution in [-0.2, 0) is 0 Å². The number of nitrogens with zero attached hydrogens (tertiary/aromatic N) is 1. The van der Waals surface area contributed by atoms with Gasteiger partial charge in [-0.3, -0.25) is 4.90 Å². The Kier molecular flexibility index (Phi) is 8.01. The number of nitrogens with one attached hydrogen (secondary N) is 1. The summed E-state index contributed by atoms with van der Waals surface area (Å²) < 4.78 is 0. The number of hydrogen-bond donors (Lipinski definition) is 1. The zero-order chi connectivity index (χ0) is 14.3. The lowest BCUT2D eigenvalue weighted by atomic mass is 9.93. The maximum absolute atomic E-state index is 3.67. The predicted octanol–water partition coefficient (Wildman–Crippen LogP) is 3.91. The zero-order valence-electron chi connectivity index (χ0n) is 13.9. The Morgan fingerprint density at radius 1 is 1.11 bits per heavy atom. The van der Waals surface area contributed by atoms with E-state index in [1.54, 1.807) is 0 Å². The van der Waals surface area contributed by atoms with E-state index in [1.165, 1.54) is 51.7 Å². The van der Waals surface area contributed by atoms with Crippen molar-refractivity contribution in [2.75, 3.05) is 19.6 Å². The van der Waals surface area contributed by atoms with Crippen LogP contribution in [0, 0.1) is 11.8 Å². The second-order valence-corrected chi connectivity index (χ2v) is 7.20.